The Morgan fingerprint density at radius 1 is 1.35 bits per heavy atom. The van der Waals surface area contributed by atoms with E-state index in [0.717, 1.165) is 42.8 Å². The van der Waals surface area contributed by atoms with Crippen molar-refractivity contribution < 1.29 is 9.53 Å². The molecule has 1 atom stereocenters. The summed E-state index contributed by atoms with van der Waals surface area (Å²) >= 11 is 0. The summed E-state index contributed by atoms with van der Waals surface area (Å²) in [7, 11) is 0. The highest BCUT2D eigenvalue weighted by molar-refractivity contribution is 5.93. The van der Waals surface area contributed by atoms with E-state index in [1.54, 1.807) is 0 Å². The third kappa shape index (κ3) is 4.78. The van der Waals surface area contributed by atoms with E-state index in [9.17, 15) is 4.79 Å². The van der Waals surface area contributed by atoms with Gasteiger partial charge in [0.1, 0.15) is 0 Å². The van der Waals surface area contributed by atoms with Gasteiger partial charge in [-0.15, -0.1) is 12.4 Å². The van der Waals surface area contributed by atoms with E-state index in [1.165, 1.54) is 0 Å². The summed E-state index contributed by atoms with van der Waals surface area (Å²) < 4.78 is 5.50. The number of benzene rings is 1. The summed E-state index contributed by atoms with van der Waals surface area (Å²) in [6, 6.07) is 6.00. The zero-order chi connectivity index (χ0) is 13.7. The lowest BCUT2D eigenvalue weighted by Crippen LogP contribution is -2.33. The van der Waals surface area contributed by atoms with E-state index in [4.69, 9.17) is 4.74 Å². The highest BCUT2D eigenvalue weighted by Crippen LogP contribution is 2.19. The first-order valence-electron chi connectivity index (χ1n) is 6.85. The predicted octanol–water partition coefficient (Wildman–Crippen LogP) is 2.43. The van der Waals surface area contributed by atoms with E-state index in [-0.39, 0.29) is 24.4 Å². The molecule has 0 bridgehead atoms. The van der Waals surface area contributed by atoms with Crippen molar-refractivity contribution in [3.05, 3.63) is 29.3 Å². The number of anilines is 1. The van der Waals surface area contributed by atoms with Crippen LogP contribution in [0.1, 0.15) is 24.0 Å². The van der Waals surface area contributed by atoms with Gasteiger partial charge in [-0.3, -0.25) is 4.79 Å². The van der Waals surface area contributed by atoms with Crippen LogP contribution in [0.5, 0.6) is 0 Å². The molecule has 1 saturated heterocycles. The number of rotatable bonds is 5. The minimum absolute atomic E-state index is 0. The quantitative estimate of drug-likeness (QED) is 0.878. The van der Waals surface area contributed by atoms with Gasteiger partial charge in [-0.1, -0.05) is 18.2 Å². The summed E-state index contributed by atoms with van der Waals surface area (Å²) in [4.78, 5) is 11.9. The number of carbonyl (C=O) groups is 1. The molecular formula is C15H23ClN2O2. The number of carbonyl (C=O) groups excluding carboxylic acids is 1. The van der Waals surface area contributed by atoms with Crippen molar-refractivity contribution in [2.75, 3.05) is 25.0 Å². The molecule has 1 aromatic carbocycles. The van der Waals surface area contributed by atoms with Gasteiger partial charge < -0.3 is 15.4 Å². The van der Waals surface area contributed by atoms with Crippen LogP contribution in [0.25, 0.3) is 0 Å². The highest BCUT2D eigenvalue weighted by Gasteiger charge is 2.15. The van der Waals surface area contributed by atoms with Crippen LogP contribution < -0.4 is 10.6 Å². The Morgan fingerprint density at radius 3 is 2.65 bits per heavy atom. The number of amides is 1. The van der Waals surface area contributed by atoms with Crippen molar-refractivity contribution >= 4 is 24.0 Å². The fraction of sp³-hybridized carbons (Fsp3) is 0.533. The standard InChI is InChI=1S/C15H22N2O2.ClH/c1-11-5-3-6-12(2)15(11)17-14(18)10-16-9-13-7-4-8-19-13;/h3,5-6,13,16H,4,7-10H2,1-2H3,(H,17,18);1H. The maximum absolute atomic E-state index is 11.9. The Morgan fingerprint density at radius 2 is 2.05 bits per heavy atom. The number of nitrogens with one attached hydrogen (secondary N) is 2. The molecule has 0 aromatic heterocycles. The molecule has 4 nitrogen and oxygen atoms in total. The van der Waals surface area contributed by atoms with E-state index in [1.807, 2.05) is 32.0 Å². The van der Waals surface area contributed by atoms with Crippen molar-refractivity contribution in [3.8, 4) is 0 Å². The second-order valence-electron chi connectivity index (χ2n) is 5.08. The van der Waals surface area contributed by atoms with Gasteiger partial charge in [0, 0.05) is 18.8 Å². The Bertz CT molecular complexity index is 425. The SMILES string of the molecule is Cc1cccc(C)c1NC(=O)CNCC1CCCO1.Cl. The van der Waals surface area contributed by atoms with Crippen LogP contribution in [0, 0.1) is 13.8 Å². The summed E-state index contributed by atoms with van der Waals surface area (Å²) in [5.74, 6) is -0.00426. The van der Waals surface area contributed by atoms with Crippen molar-refractivity contribution in [2.24, 2.45) is 0 Å². The normalized spacial score (nSPS) is 17.6. The molecule has 1 heterocycles. The lowest BCUT2D eigenvalue weighted by molar-refractivity contribution is -0.115. The van der Waals surface area contributed by atoms with E-state index >= 15 is 0 Å². The molecule has 0 radical (unpaired) electrons. The van der Waals surface area contributed by atoms with Gasteiger partial charge in [0.2, 0.25) is 5.91 Å². The Labute approximate surface area is 126 Å². The molecule has 1 fully saturated rings. The molecule has 2 rings (SSSR count). The van der Waals surface area contributed by atoms with Gasteiger partial charge in [-0.2, -0.15) is 0 Å². The van der Waals surface area contributed by atoms with Crippen LogP contribution >= 0.6 is 12.4 Å². The summed E-state index contributed by atoms with van der Waals surface area (Å²) in [6.07, 6.45) is 2.49. The first-order chi connectivity index (χ1) is 9.16. The van der Waals surface area contributed by atoms with Crippen molar-refractivity contribution in [2.45, 2.75) is 32.8 Å². The lowest BCUT2D eigenvalue weighted by atomic mass is 10.1. The van der Waals surface area contributed by atoms with Crippen LogP contribution in [0.2, 0.25) is 0 Å². The molecule has 5 heteroatoms. The average Bonchev–Trinajstić information content (AvgIpc) is 2.87. The Kier molecular flexibility index (Phi) is 6.99. The summed E-state index contributed by atoms with van der Waals surface area (Å²) in [5, 5.41) is 6.11. The zero-order valence-electron chi connectivity index (χ0n) is 12.1. The van der Waals surface area contributed by atoms with Crippen molar-refractivity contribution in [3.63, 3.8) is 0 Å². The molecule has 2 N–H and O–H groups in total. The minimum Gasteiger partial charge on any atom is -0.377 e. The maximum atomic E-state index is 11.9. The molecule has 1 amide bonds. The molecular weight excluding hydrogens is 276 g/mol. The van der Waals surface area contributed by atoms with Crippen LogP contribution in [-0.2, 0) is 9.53 Å². The summed E-state index contributed by atoms with van der Waals surface area (Å²) in [5.41, 5.74) is 3.10. The number of hydrogen-bond donors (Lipinski definition) is 2. The molecule has 0 aliphatic carbocycles. The largest absolute Gasteiger partial charge is 0.377 e. The number of para-hydroxylation sites is 1. The monoisotopic (exact) mass is 298 g/mol. The van der Waals surface area contributed by atoms with E-state index < -0.39 is 0 Å². The van der Waals surface area contributed by atoms with Gasteiger partial charge in [-0.05, 0) is 37.8 Å². The fourth-order valence-electron chi connectivity index (χ4n) is 2.35. The predicted molar refractivity (Wildman–Crippen MR) is 83.6 cm³/mol. The topological polar surface area (TPSA) is 50.4 Å². The van der Waals surface area contributed by atoms with Gasteiger partial charge >= 0.3 is 0 Å². The number of ether oxygens (including phenoxy) is 1. The van der Waals surface area contributed by atoms with Crippen LogP contribution in [0.3, 0.4) is 0 Å². The van der Waals surface area contributed by atoms with Gasteiger partial charge in [-0.25, -0.2) is 0 Å². The number of hydrogen-bond acceptors (Lipinski definition) is 3. The lowest BCUT2D eigenvalue weighted by Gasteiger charge is -2.13. The third-order valence-electron chi connectivity index (χ3n) is 3.43. The van der Waals surface area contributed by atoms with Crippen LogP contribution in [0.15, 0.2) is 18.2 Å². The van der Waals surface area contributed by atoms with E-state index in [0.29, 0.717) is 6.54 Å². The molecule has 0 spiro atoms. The van der Waals surface area contributed by atoms with Gasteiger partial charge in [0.15, 0.2) is 0 Å². The molecule has 1 aliphatic rings. The zero-order valence-corrected chi connectivity index (χ0v) is 12.9. The van der Waals surface area contributed by atoms with E-state index in [2.05, 4.69) is 10.6 Å². The van der Waals surface area contributed by atoms with Crippen LogP contribution in [0.4, 0.5) is 5.69 Å². The van der Waals surface area contributed by atoms with Gasteiger partial charge in [0.05, 0.1) is 12.6 Å². The Balaban J connectivity index is 0.00000200. The summed E-state index contributed by atoms with van der Waals surface area (Å²) in [6.45, 7) is 5.93. The number of aryl methyl sites for hydroxylation is 2. The number of halogens is 1. The first kappa shape index (κ1) is 17.0. The molecule has 0 saturated carbocycles. The highest BCUT2D eigenvalue weighted by atomic mass is 35.5. The van der Waals surface area contributed by atoms with Gasteiger partial charge in [0.25, 0.3) is 0 Å². The third-order valence-corrected chi connectivity index (χ3v) is 3.43. The smallest absolute Gasteiger partial charge is 0.238 e. The maximum Gasteiger partial charge on any atom is 0.238 e. The molecule has 1 aromatic rings. The molecule has 1 unspecified atom stereocenters. The first-order valence-corrected chi connectivity index (χ1v) is 6.85. The molecule has 112 valence electrons. The van der Waals surface area contributed by atoms with Crippen molar-refractivity contribution in [1.82, 2.24) is 5.32 Å². The van der Waals surface area contributed by atoms with Crippen LogP contribution in [-0.4, -0.2) is 31.7 Å². The second-order valence-corrected chi connectivity index (χ2v) is 5.08. The average molecular weight is 299 g/mol. The fourth-order valence-corrected chi connectivity index (χ4v) is 2.35. The second kappa shape index (κ2) is 8.25. The molecule has 1 aliphatic heterocycles. The Hall–Kier alpha value is -1.10. The minimum atomic E-state index is -0.00426. The van der Waals surface area contributed by atoms with Crippen molar-refractivity contribution in [1.29, 1.82) is 0 Å². The molecule has 20 heavy (non-hydrogen) atoms.